The van der Waals surface area contributed by atoms with E-state index in [1.165, 1.54) is 36.4 Å². The molecule has 0 bridgehead atoms. The first-order chi connectivity index (χ1) is 10.9. The maximum absolute atomic E-state index is 12.2. The summed E-state index contributed by atoms with van der Waals surface area (Å²) >= 11 is 0. The number of carbonyl (C=O) groups excluding carboxylic acids is 2. The van der Waals surface area contributed by atoms with E-state index in [-0.39, 0.29) is 33.3 Å². The summed E-state index contributed by atoms with van der Waals surface area (Å²) in [6.07, 6.45) is 2.34. The van der Waals surface area contributed by atoms with Gasteiger partial charge in [-0.05, 0) is 49.4 Å². The van der Waals surface area contributed by atoms with E-state index in [0.29, 0.717) is 0 Å². The first-order valence-corrected chi connectivity index (χ1v) is 8.19. The quantitative estimate of drug-likeness (QED) is 0.810. The Bertz CT molecular complexity index is 937. The van der Waals surface area contributed by atoms with Crippen LogP contribution in [0.3, 0.4) is 0 Å². The fourth-order valence-electron chi connectivity index (χ4n) is 2.20. The van der Waals surface area contributed by atoms with Crippen LogP contribution in [0.2, 0.25) is 0 Å². The Morgan fingerprint density at radius 1 is 0.826 bits per heavy atom. The van der Waals surface area contributed by atoms with Crippen LogP contribution in [-0.4, -0.2) is 20.0 Å². The minimum Gasteiger partial charge on any atom is -0.379 e. The first kappa shape index (κ1) is 15.2. The van der Waals surface area contributed by atoms with Crippen molar-refractivity contribution in [2.24, 2.45) is 0 Å². The fraction of sp³-hybridized carbons (Fsp3) is 0.0588. The maximum atomic E-state index is 12.2. The van der Waals surface area contributed by atoms with Crippen LogP contribution in [0.4, 0.5) is 0 Å². The Morgan fingerprint density at radius 2 is 1.43 bits per heavy atom. The van der Waals surface area contributed by atoms with E-state index in [2.05, 4.69) is 0 Å². The van der Waals surface area contributed by atoms with Crippen LogP contribution >= 0.6 is 0 Å². The van der Waals surface area contributed by atoms with E-state index in [1.807, 2.05) is 6.92 Å². The second-order valence-electron chi connectivity index (χ2n) is 5.12. The van der Waals surface area contributed by atoms with E-state index >= 15 is 0 Å². The molecule has 0 unspecified atom stereocenters. The predicted octanol–water partition coefficient (Wildman–Crippen LogP) is 2.70. The highest BCUT2D eigenvalue weighted by molar-refractivity contribution is 7.87. The largest absolute Gasteiger partial charge is 0.379 e. The van der Waals surface area contributed by atoms with Crippen molar-refractivity contribution in [1.82, 2.24) is 0 Å². The Kier molecular flexibility index (Phi) is 3.61. The highest BCUT2D eigenvalue weighted by Crippen LogP contribution is 2.25. The van der Waals surface area contributed by atoms with Gasteiger partial charge in [-0.3, -0.25) is 9.59 Å². The van der Waals surface area contributed by atoms with Crippen molar-refractivity contribution in [1.29, 1.82) is 0 Å². The summed E-state index contributed by atoms with van der Waals surface area (Å²) in [6, 6.07) is 10.2. The number of aryl methyl sites for hydroxylation is 1. The molecule has 0 aliphatic heterocycles. The van der Waals surface area contributed by atoms with Crippen molar-refractivity contribution >= 4 is 21.7 Å². The zero-order chi connectivity index (χ0) is 16.6. The molecule has 0 N–H and O–H groups in total. The number of hydrogen-bond acceptors (Lipinski definition) is 5. The molecule has 0 spiro atoms. The first-order valence-electron chi connectivity index (χ1n) is 6.79. The van der Waals surface area contributed by atoms with Gasteiger partial charge >= 0.3 is 10.1 Å². The SMILES string of the molecule is Cc1ccc(S(=O)(=O)Oc2ccc3c(c2)C(=O)C=CC3=O)cc1. The van der Waals surface area contributed by atoms with Crippen molar-refractivity contribution in [3.63, 3.8) is 0 Å². The van der Waals surface area contributed by atoms with Gasteiger partial charge in [-0.15, -0.1) is 0 Å². The van der Waals surface area contributed by atoms with E-state index in [0.717, 1.165) is 11.6 Å². The monoisotopic (exact) mass is 328 g/mol. The lowest BCUT2D eigenvalue weighted by molar-refractivity contribution is 0.0994. The molecule has 0 saturated carbocycles. The average molecular weight is 328 g/mol. The van der Waals surface area contributed by atoms with Crippen LogP contribution in [-0.2, 0) is 10.1 Å². The van der Waals surface area contributed by atoms with Crippen LogP contribution in [0.1, 0.15) is 26.3 Å². The van der Waals surface area contributed by atoms with E-state index < -0.39 is 10.1 Å². The molecule has 116 valence electrons. The maximum Gasteiger partial charge on any atom is 0.339 e. The molecule has 0 radical (unpaired) electrons. The Hall–Kier alpha value is -2.73. The lowest BCUT2D eigenvalue weighted by Gasteiger charge is -2.12. The van der Waals surface area contributed by atoms with Crippen molar-refractivity contribution in [3.05, 3.63) is 71.3 Å². The Morgan fingerprint density at radius 3 is 2.09 bits per heavy atom. The number of allylic oxidation sites excluding steroid dienone is 2. The summed E-state index contributed by atoms with van der Waals surface area (Å²) in [4.78, 5) is 23.5. The van der Waals surface area contributed by atoms with Gasteiger partial charge in [0.2, 0.25) is 0 Å². The minimum absolute atomic E-state index is 0.0132. The lowest BCUT2D eigenvalue weighted by atomic mass is 9.95. The average Bonchev–Trinajstić information content (AvgIpc) is 2.51. The van der Waals surface area contributed by atoms with Gasteiger partial charge in [0.15, 0.2) is 11.6 Å². The number of rotatable bonds is 3. The van der Waals surface area contributed by atoms with Gasteiger partial charge in [-0.2, -0.15) is 8.42 Å². The molecular weight excluding hydrogens is 316 g/mol. The molecule has 3 rings (SSSR count). The molecule has 0 saturated heterocycles. The molecular formula is C17H12O5S. The van der Waals surface area contributed by atoms with E-state index in [9.17, 15) is 18.0 Å². The Balaban J connectivity index is 1.95. The molecule has 0 amide bonds. The van der Waals surface area contributed by atoms with Gasteiger partial charge in [0.05, 0.1) is 0 Å². The van der Waals surface area contributed by atoms with Crippen LogP contribution < -0.4 is 4.18 Å². The molecule has 1 aliphatic rings. The zero-order valence-corrected chi connectivity index (χ0v) is 13.0. The summed E-state index contributed by atoms with van der Waals surface area (Å²) in [5.41, 5.74) is 1.29. The summed E-state index contributed by atoms with van der Waals surface area (Å²) in [6.45, 7) is 1.84. The molecule has 0 aromatic heterocycles. The zero-order valence-electron chi connectivity index (χ0n) is 12.1. The van der Waals surface area contributed by atoms with Crippen LogP contribution in [0.5, 0.6) is 5.75 Å². The molecule has 2 aromatic rings. The second kappa shape index (κ2) is 5.48. The molecule has 23 heavy (non-hydrogen) atoms. The summed E-state index contributed by atoms with van der Waals surface area (Å²) in [5, 5.41) is 0. The van der Waals surface area contributed by atoms with Gasteiger partial charge in [-0.25, -0.2) is 0 Å². The lowest BCUT2D eigenvalue weighted by Crippen LogP contribution is -2.13. The topological polar surface area (TPSA) is 77.5 Å². The molecule has 0 heterocycles. The smallest absolute Gasteiger partial charge is 0.339 e. The van der Waals surface area contributed by atoms with Gasteiger partial charge < -0.3 is 4.18 Å². The molecule has 6 heteroatoms. The Labute approximate surface area is 133 Å². The van der Waals surface area contributed by atoms with Gasteiger partial charge in [0.1, 0.15) is 10.6 Å². The number of fused-ring (bicyclic) bond motifs is 1. The van der Waals surface area contributed by atoms with Crippen molar-refractivity contribution in [3.8, 4) is 5.75 Å². The van der Waals surface area contributed by atoms with Crippen molar-refractivity contribution in [2.45, 2.75) is 11.8 Å². The molecule has 5 nitrogen and oxygen atoms in total. The third-order valence-corrected chi connectivity index (χ3v) is 4.69. The molecule has 1 aliphatic carbocycles. The van der Waals surface area contributed by atoms with Gasteiger partial charge in [-0.1, -0.05) is 17.7 Å². The van der Waals surface area contributed by atoms with Gasteiger partial charge in [0.25, 0.3) is 0 Å². The fourth-order valence-corrected chi connectivity index (χ4v) is 3.13. The number of carbonyl (C=O) groups is 2. The summed E-state index contributed by atoms with van der Waals surface area (Å²) in [5.74, 6) is -0.675. The highest BCUT2D eigenvalue weighted by Gasteiger charge is 2.22. The highest BCUT2D eigenvalue weighted by atomic mass is 32.2. The number of hydrogen-bond donors (Lipinski definition) is 0. The number of ketones is 2. The van der Waals surface area contributed by atoms with E-state index in [1.54, 1.807) is 12.1 Å². The molecule has 0 atom stereocenters. The molecule has 2 aromatic carbocycles. The van der Waals surface area contributed by atoms with Crippen LogP contribution in [0.15, 0.2) is 59.5 Å². The van der Waals surface area contributed by atoms with E-state index in [4.69, 9.17) is 4.18 Å². The third-order valence-electron chi connectivity index (χ3n) is 3.42. The second-order valence-corrected chi connectivity index (χ2v) is 6.67. The van der Waals surface area contributed by atoms with Crippen molar-refractivity contribution < 1.29 is 22.2 Å². The number of benzene rings is 2. The van der Waals surface area contributed by atoms with Crippen molar-refractivity contribution in [2.75, 3.05) is 0 Å². The third kappa shape index (κ3) is 2.93. The molecule has 0 fully saturated rings. The van der Waals surface area contributed by atoms with Crippen LogP contribution in [0, 0.1) is 6.92 Å². The standard InChI is InChI=1S/C17H12O5S/c1-11-2-5-13(6-3-11)23(20,21)22-12-4-7-14-15(10-12)17(19)9-8-16(14)18/h2-10H,1H3. The summed E-state index contributed by atoms with van der Waals surface area (Å²) in [7, 11) is -4.00. The van der Waals surface area contributed by atoms with Crippen LogP contribution in [0.25, 0.3) is 0 Å². The predicted molar refractivity (Wildman–Crippen MR) is 83.2 cm³/mol. The minimum atomic E-state index is -4.00. The van der Waals surface area contributed by atoms with Gasteiger partial charge in [0, 0.05) is 11.1 Å². The summed E-state index contributed by atoms with van der Waals surface area (Å²) < 4.78 is 29.5. The normalized spacial score (nSPS) is 13.8.